The fourth-order valence-electron chi connectivity index (χ4n) is 12.5. The zero-order valence-electron chi connectivity index (χ0n) is 67.1. The van der Waals surface area contributed by atoms with Gasteiger partial charge >= 0.3 is 39.5 Å². The van der Waals surface area contributed by atoms with E-state index in [1.165, 1.54) is 218 Å². The van der Waals surface area contributed by atoms with Gasteiger partial charge in [0, 0.05) is 25.7 Å². The molecule has 0 rings (SSSR count). The molecule has 0 aliphatic heterocycles. The van der Waals surface area contributed by atoms with Crippen LogP contribution in [0.15, 0.2) is 24.3 Å². The third kappa shape index (κ3) is 76.1. The summed E-state index contributed by atoms with van der Waals surface area (Å²) in [4.78, 5) is 73.1. The van der Waals surface area contributed by atoms with Crippen molar-refractivity contribution in [1.29, 1.82) is 0 Å². The van der Waals surface area contributed by atoms with E-state index in [0.717, 1.165) is 115 Å². The number of phosphoric ester groups is 2. The van der Waals surface area contributed by atoms with Crippen LogP contribution in [0.3, 0.4) is 0 Å². The van der Waals surface area contributed by atoms with E-state index in [0.29, 0.717) is 31.6 Å². The maximum Gasteiger partial charge on any atom is 0.472 e. The second-order valence-corrected chi connectivity index (χ2v) is 33.2. The quantitative estimate of drug-likeness (QED) is 0.0169. The van der Waals surface area contributed by atoms with Crippen LogP contribution in [0, 0.1) is 11.8 Å². The second-order valence-electron chi connectivity index (χ2n) is 30.3. The molecule has 0 radical (unpaired) electrons. The zero-order chi connectivity index (χ0) is 75.6. The molecule has 0 aliphatic carbocycles. The Labute approximate surface area is 631 Å². The molecule has 0 aromatic carbocycles. The predicted molar refractivity (Wildman–Crippen MR) is 423 cm³/mol. The largest absolute Gasteiger partial charge is 0.472 e. The van der Waals surface area contributed by atoms with E-state index in [2.05, 4.69) is 65.8 Å². The minimum Gasteiger partial charge on any atom is -0.462 e. The number of carbonyl (C=O) groups excluding carboxylic acids is 4. The molecule has 0 saturated carbocycles. The topological polar surface area (TPSA) is 237 Å². The molecule has 6 atom stereocenters. The lowest BCUT2D eigenvalue weighted by atomic mass is 9.99. The van der Waals surface area contributed by atoms with E-state index in [9.17, 15) is 43.2 Å². The van der Waals surface area contributed by atoms with Crippen molar-refractivity contribution in [3.63, 3.8) is 0 Å². The highest BCUT2D eigenvalue weighted by molar-refractivity contribution is 7.47. The lowest BCUT2D eigenvalue weighted by molar-refractivity contribution is -0.161. The van der Waals surface area contributed by atoms with Crippen LogP contribution in [-0.2, 0) is 65.4 Å². The zero-order valence-corrected chi connectivity index (χ0v) is 68.9. The lowest BCUT2D eigenvalue weighted by Crippen LogP contribution is -2.30. The number of aliphatic hydroxyl groups excluding tert-OH is 1. The number of hydrogen-bond donors (Lipinski definition) is 3. The highest BCUT2D eigenvalue weighted by atomic mass is 31.2. The molecule has 3 unspecified atom stereocenters. The fourth-order valence-corrected chi connectivity index (χ4v) is 14.1. The van der Waals surface area contributed by atoms with Gasteiger partial charge in [0.2, 0.25) is 0 Å². The molecular formula is C84H160O17P2. The number of allylic oxidation sites excluding steroid dienone is 4. The summed E-state index contributed by atoms with van der Waals surface area (Å²) in [7, 11) is -9.94. The van der Waals surface area contributed by atoms with Gasteiger partial charge in [-0.25, -0.2) is 9.13 Å². The van der Waals surface area contributed by atoms with Crippen LogP contribution in [0.25, 0.3) is 0 Å². The summed E-state index contributed by atoms with van der Waals surface area (Å²) >= 11 is 0. The number of phosphoric acid groups is 2. The first-order chi connectivity index (χ1) is 49.9. The van der Waals surface area contributed by atoms with Crippen molar-refractivity contribution in [2.24, 2.45) is 11.8 Å². The number of ether oxygens (including phenoxy) is 4. The normalized spacial score (nSPS) is 14.3. The number of carbonyl (C=O) groups is 4. The first-order valence-corrected chi connectivity index (χ1v) is 45.8. The van der Waals surface area contributed by atoms with E-state index in [1.54, 1.807) is 0 Å². The Hall–Kier alpha value is -2.46. The third-order valence-electron chi connectivity index (χ3n) is 19.4. The summed E-state index contributed by atoms with van der Waals surface area (Å²) in [5.74, 6) is -0.565. The van der Waals surface area contributed by atoms with Gasteiger partial charge in [0.15, 0.2) is 12.2 Å². The Morgan fingerprint density at radius 3 is 0.874 bits per heavy atom. The van der Waals surface area contributed by atoms with Gasteiger partial charge in [-0.05, 0) is 63.2 Å². The smallest absolute Gasteiger partial charge is 0.462 e. The first-order valence-electron chi connectivity index (χ1n) is 42.8. The second kappa shape index (κ2) is 75.0. The van der Waals surface area contributed by atoms with Crippen molar-refractivity contribution in [1.82, 2.24) is 0 Å². The van der Waals surface area contributed by atoms with Crippen LogP contribution in [0.5, 0.6) is 0 Å². The van der Waals surface area contributed by atoms with Crippen LogP contribution >= 0.6 is 15.6 Å². The van der Waals surface area contributed by atoms with Gasteiger partial charge in [0.05, 0.1) is 26.4 Å². The molecule has 0 amide bonds. The Kier molecular flexibility index (Phi) is 73.2. The predicted octanol–water partition coefficient (Wildman–Crippen LogP) is 25.0. The molecule has 0 bridgehead atoms. The van der Waals surface area contributed by atoms with E-state index in [1.807, 2.05) is 0 Å². The molecule has 0 aromatic rings. The van der Waals surface area contributed by atoms with Gasteiger partial charge in [-0.2, -0.15) is 0 Å². The summed E-state index contributed by atoms with van der Waals surface area (Å²) in [6, 6.07) is 0. The monoisotopic (exact) mass is 1500 g/mol. The number of esters is 4. The average molecular weight is 1500 g/mol. The van der Waals surface area contributed by atoms with Gasteiger partial charge in [0.25, 0.3) is 0 Å². The Morgan fingerprint density at radius 2 is 0.573 bits per heavy atom. The van der Waals surface area contributed by atoms with Gasteiger partial charge < -0.3 is 33.8 Å². The van der Waals surface area contributed by atoms with Crippen molar-refractivity contribution in [2.75, 3.05) is 39.6 Å². The number of rotatable bonds is 81. The number of aliphatic hydroxyl groups is 1. The van der Waals surface area contributed by atoms with Crippen LogP contribution < -0.4 is 0 Å². The third-order valence-corrected chi connectivity index (χ3v) is 21.3. The first kappa shape index (κ1) is 101. The van der Waals surface area contributed by atoms with Gasteiger partial charge in [-0.15, -0.1) is 0 Å². The molecule has 0 saturated heterocycles. The maximum atomic E-state index is 13.1. The lowest BCUT2D eigenvalue weighted by Gasteiger charge is -2.21. The standard InChI is InChI=1S/C84H160O17P2/c1-7-10-12-14-16-18-20-22-24-31-34-38-42-48-54-60-66-81(86)94-72-79(100-83(88)69-63-57-50-44-40-36-32-28-26-25-27-30-33-37-41-47-53-59-65-77(6)9-3)74-98-102(90,91)96-70-78(85)71-97-103(92,93)99-75-80(73-95-82(87)67-61-55-51-45-46-52-58-64-76(4)5)101-84(89)68-62-56-49-43-39-35-29-23-21-19-17-15-13-11-8-2/h19,21,23,29,76-80,85H,7-18,20,22,24-28,30-75H2,1-6H3,(H,90,91)(H,92,93)/b21-19-,29-23-/t77?,78-,79-,80-/m1/s1. The molecule has 0 aliphatic rings. The van der Waals surface area contributed by atoms with Crippen molar-refractivity contribution < 1.29 is 80.2 Å². The van der Waals surface area contributed by atoms with Crippen molar-refractivity contribution in [3.8, 4) is 0 Å². The van der Waals surface area contributed by atoms with Crippen LogP contribution in [-0.4, -0.2) is 96.7 Å². The number of hydrogen-bond acceptors (Lipinski definition) is 15. The number of unbranched alkanes of at least 4 members (excludes halogenated alkanes) is 47. The molecule has 0 fully saturated rings. The molecule has 103 heavy (non-hydrogen) atoms. The molecule has 0 heterocycles. The van der Waals surface area contributed by atoms with E-state index < -0.39 is 97.5 Å². The SMILES string of the molecule is CCCCCC/C=C\C=C/CCCCCCCC(=O)O[C@H](COC(=O)CCCCCCCCCC(C)C)COP(=O)(O)OC[C@H](O)COP(=O)(O)OC[C@@H](COC(=O)CCCCCCCCCCCCCCCCCC)OC(=O)CCCCCCCCCCCCCCCCCCCCC(C)CC. The molecule has 608 valence electrons. The molecule has 17 nitrogen and oxygen atoms in total. The Balaban J connectivity index is 5.25. The summed E-state index contributed by atoms with van der Waals surface area (Å²) < 4.78 is 68.7. The minimum atomic E-state index is -4.97. The summed E-state index contributed by atoms with van der Waals surface area (Å²) in [5.41, 5.74) is 0. The highest BCUT2D eigenvalue weighted by Gasteiger charge is 2.30. The highest BCUT2D eigenvalue weighted by Crippen LogP contribution is 2.45. The van der Waals surface area contributed by atoms with E-state index >= 15 is 0 Å². The Bertz CT molecular complexity index is 2070. The van der Waals surface area contributed by atoms with Crippen molar-refractivity contribution in [3.05, 3.63) is 24.3 Å². The van der Waals surface area contributed by atoms with Gasteiger partial charge in [0.1, 0.15) is 19.3 Å². The fraction of sp³-hybridized carbons (Fsp3) is 0.905. The van der Waals surface area contributed by atoms with Crippen LogP contribution in [0.1, 0.15) is 420 Å². The summed E-state index contributed by atoms with van der Waals surface area (Å²) in [5, 5.41) is 10.7. The minimum absolute atomic E-state index is 0.0845. The van der Waals surface area contributed by atoms with E-state index in [4.69, 9.17) is 37.0 Å². The van der Waals surface area contributed by atoms with Crippen LogP contribution in [0.2, 0.25) is 0 Å². The molecular weight excluding hydrogens is 1340 g/mol. The summed E-state index contributed by atoms with van der Waals surface area (Å²) in [6.07, 6.45) is 68.9. The van der Waals surface area contributed by atoms with Gasteiger partial charge in [-0.1, -0.05) is 368 Å². The summed E-state index contributed by atoms with van der Waals surface area (Å²) in [6.45, 7) is 9.59. The van der Waals surface area contributed by atoms with Gasteiger partial charge in [-0.3, -0.25) is 37.3 Å². The van der Waals surface area contributed by atoms with Crippen LogP contribution in [0.4, 0.5) is 0 Å². The molecule has 0 aromatic heterocycles. The molecule has 3 N–H and O–H groups in total. The molecule has 19 heteroatoms. The maximum absolute atomic E-state index is 13.1. The van der Waals surface area contributed by atoms with Crippen molar-refractivity contribution in [2.45, 2.75) is 439 Å². The van der Waals surface area contributed by atoms with E-state index in [-0.39, 0.29) is 25.7 Å². The molecule has 0 spiro atoms. The van der Waals surface area contributed by atoms with Crippen molar-refractivity contribution >= 4 is 39.5 Å². The average Bonchev–Trinajstić information content (AvgIpc) is 0.912. The Morgan fingerprint density at radius 1 is 0.320 bits per heavy atom.